The van der Waals surface area contributed by atoms with Crippen LogP contribution in [0.15, 0.2) is 71.3 Å². The fourth-order valence-electron chi connectivity index (χ4n) is 3.54. The van der Waals surface area contributed by atoms with Crippen LogP contribution in [0, 0.1) is 5.92 Å². The summed E-state index contributed by atoms with van der Waals surface area (Å²) >= 11 is 0. The smallest absolute Gasteiger partial charge is 0.249 e. The van der Waals surface area contributed by atoms with Crippen LogP contribution in [0.1, 0.15) is 12.8 Å². The first-order valence-electron chi connectivity index (χ1n) is 9.87. The van der Waals surface area contributed by atoms with Crippen LogP contribution in [0.25, 0.3) is 39.3 Å². The van der Waals surface area contributed by atoms with Crippen molar-refractivity contribution < 1.29 is 9.21 Å². The van der Waals surface area contributed by atoms with Gasteiger partial charge in [-0.15, -0.1) is 5.10 Å². The van der Waals surface area contributed by atoms with E-state index < -0.39 is 0 Å². The molecule has 5 aromatic rings. The molecule has 0 spiro atoms. The van der Waals surface area contributed by atoms with E-state index in [0.717, 1.165) is 40.6 Å². The van der Waals surface area contributed by atoms with E-state index in [1.807, 2.05) is 66.9 Å². The van der Waals surface area contributed by atoms with E-state index >= 15 is 0 Å². The van der Waals surface area contributed by atoms with Gasteiger partial charge in [0.05, 0.1) is 0 Å². The number of fused-ring (bicyclic) bond motifs is 2. The third-order valence-corrected chi connectivity index (χ3v) is 5.26. The standard InChI is InChI=1S/C23H17N5O2/c29-21(14-8-9-14)26-23-25-20-17(7-4-12-28(20)27-23)16-10-11-19-18(13-16)24-22(30-19)15-5-2-1-3-6-15/h1-7,10-14H,8-9H2,(H,26,27,29). The molecule has 0 unspecified atom stereocenters. The first-order valence-corrected chi connectivity index (χ1v) is 9.87. The molecule has 1 amide bonds. The Bertz CT molecular complexity index is 1400. The van der Waals surface area contributed by atoms with Gasteiger partial charge in [0, 0.05) is 23.2 Å². The van der Waals surface area contributed by atoms with Gasteiger partial charge in [-0.2, -0.15) is 4.98 Å². The molecule has 1 saturated carbocycles. The van der Waals surface area contributed by atoms with E-state index in [4.69, 9.17) is 4.42 Å². The van der Waals surface area contributed by atoms with Gasteiger partial charge in [0.15, 0.2) is 11.2 Å². The Labute approximate surface area is 171 Å². The number of benzene rings is 2. The number of nitrogens with zero attached hydrogens (tertiary/aromatic N) is 4. The third kappa shape index (κ3) is 2.91. The fraction of sp³-hybridized carbons (Fsp3) is 0.130. The van der Waals surface area contributed by atoms with Gasteiger partial charge in [-0.3, -0.25) is 10.1 Å². The normalized spacial score (nSPS) is 13.7. The Morgan fingerprint density at radius 2 is 1.87 bits per heavy atom. The lowest BCUT2D eigenvalue weighted by Gasteiger charge is -2.02. The quantitative estimate of drug-likeness (QED) is 0.482. The van der Waals surface area contributed by atoms with Gasteiger partial charge in [-0.05, 0) is 54.8 Å². The molecular weight excluding hydrogens is 378 g/mol. The maximum atomic E-state index is 12.1. The molecule has 1 aliphatic carbocycles. The first-order chi connectivity index (χ1) is 14.7. The minimum atomic E-state index is -0.00934. The van der Waals surface area contributed by atoms with E-state index in [2.05, 4.69) is 20.4 Å². The van der Waals surface area contributed by atoms with Crippen molar-refractivity contribution in [2.24, 2.45) is 5.92 Å². The Kier molecular flexibility index (Phi) is 3.67. The average molecular weight is 395 g/mol. The minimum absolute atomic E-state index is 0.00934. The summed E-state index contributed by atoms with van der Waals surface area (Å²) in [6.07, 6.45) is 3.70. The van der Waals surface area contributed by atoms with Crippen molar-refractivity contribution in [3.8, 4) is 22.6 Å². The summed E-state index contributed by atoms with van der Waals surface area (Å²) < 4.78 is 7.60. The zero-order valence-electron chi connectivity index (χ0n) is 15.9. The Morgan fingerprint density at radius 3 is 2.70 bits per heavy atom. The summed E-state index contributed by atoms with van der Waals surface area (Å²) in [7, 11) is 0. The summed E-state index contributed by atoms with van der Waals surface area (Å²) in [5, 5.41) is 7.21. The number of anilines is 1. The second-order valence-electron chi connectivity index (χ2n) is 7.46. The fourth-order valence-corrected chi connectivity index (χ4v) is 3.54. The van der Waals surface area contributed by atoms with E-state index in [1.165, 1.54) is 0 Å². The number of hydrogen-bond acceptors (Lipinski definition) is 5. The zero-order valence-corrected chi connectivity index (χ0v) is 15.9. The van der Waals surface area contributed by atoms with Crippen molar-refractivity contribution in [3.63, 3.8) is 0 Å². The minimum Gasteiger partial charge on any atom is -0.436 e. The molecule has 0 aliphatic heterocycles. The van der Waals surface area contributed by atoms with Crippen LogP contribution in [0.4, 0.5) is 5.95 Å². The monoisotopic (exact) mass is 395 g/mol. The van der Waals surface area contributed by atoms with Gasteiger partial charge in [0.2, 0.25) is 17.7 Å². The van der Waals surface area contributed by atoms with Crippen LogP contribution in [0.3, 0.4) is 0 Å². The number of pyridine rings is 1. The number of hydrogen-bond donors (Lipinski definition) is 1. The topological polar surface area (TPSA) is 85.3 Å². The maximum Gasteiger partial charge on any atom is 0.249 e. The lowest BCUT2D eigenvalue weighted by molar-refractivity contribution is -0.117. The zero-order chi connectivity index (χ0) is 20.1. The highest BCUT2D eigenvalue weighted by Gasteiger charge is 2.30. The van der Waals surface area contributed by atoms with Gasteiger partial charge in [-0.1, -0.05) is 24.3 Å². The van der Waals surface area contributed by atoms with E-state index in [0.29, 0.717) is 17.5 Å². The highest BCUT2D eigenvalue weighted by atomic mass is 16.3. The molecule has 3 aromatic heterocycles. The van der Waals surface area contributed by atoms with Crippen molar-refractivity contribution in [1.82, 2.24) is 19.6 Å². The van der Waals surface area contributed by atoms with Crippen molar-refractivity contribution in [1.29, 1.82) is 0 Å². The molecule has 0 atom stereocenters. The van der Waals surface area contributed by atoms with Crippen LogP contribution in [-0.2, 0) is 4.79 Å². The first kappa shape index (κ1) is 16.9. The van der Waals surface area contributed by atoms with Crippen LogP contribution >= 0.6 is 0 Å². The van der Waals surface area contributed by atoms with Crippen molar-refractivity contribution in [2.75, 3.05) is 5.32 Å². The molecule has 3 heterocycles. The number of rotatable bonds is 4. The second-order valence-corrected chi connectivity index (χ2v) is 7.46. The second kappa shape index (κ2) is 6.52. The Balaban J connectivity index is 1.40. The summed E-state index contributed by atoms with van der Waals surface area (Å²) in [5.41, 5.74) is 4.97. The molecule has 7 nitrogen and oxygen atoms in total. The summed E-state index contributed by atoms with van der Waals surface area (Å²) in [5.74, 6) is 1.01. The molecular formula is C23H17N5O2. The van der Waals surface area contributed by atoms with Gasteiger partial charge in [0.1, 0.15) is 5.52 Å². The Morgan fingerprint density at radius 1 is 1.00 bits per heavy atom. The summed E-state index contributed by atoms with van der Waals surface area (Å²) in [4.78, 5) is 21.3. The van der Waals surface area contributed by atoms with Crippen LogP contribution in [-0.4, -0.2) is 25.5 Å². The van der Waals surface area contributed by atoms with Gasteiger partial charge >= 0.3 is 0 Å². The largest absolute Gasteiger partial charge is 0.436 e. The molecule has 30 heavy (non-hydrogen) atoms. The van der Waals surface area contributed by atoms with Crippen molar-refractivity contribution in [2.45, 2.75) is 12.8 Å². The molecule has 7 heteroatoms. The van der Waals surface area contributed by atoms with Crippen LogP contribution in [0.2, 0.25) is 0 Å². The number of carbonyl (C=O) groups excluding carboxylic acids is 1. The van der Waals surface area contributed by atoms with Crippen LogP contribution in [0.5, 0.6) is 0 Å². The maximum absolute atomic E-state index is 12.1. The number of carbonyl (C=O) groups is 1. The van der Waals surface area contributed by atoms with Gasteiger partial charge in [-0.25, -0.2) is 9.50 Å². The van der Waals surface area contributed by atoms with Gasteiger partial charge < -0.3 is 4.42 Å². The average Bonchev–Trinajstić information content (AvgIpc) is 3.41. The summed E-state index contributed by atoms with van der Waals surface area (Å²) in [6.45, 7) is 0. The molecule has 146 valence electrons. The molecule has 1 aliphatic rings. The van der Waals surface area contributed by atoms with Gasteiger partial charge in [0.25, 0.3) is 0 Å². The summed E-state index contributed by atoms with van der Waals surface area (Å²) in [6, 6.07) is 19.6. The molecule has 0 bridgehead atoms. The molecule has 2 aromatic carbocycles. The van der Waals surface area contributed by atoms with Crippen molar-refractivity contribution in [3.05, 3.63) is 66.9 Å². The predicted molar refractivity (Wildman–Crippen MR) is 113 cm³/mol. The van der Waals surface area contributed by atoms with Crippen LogP contribution < -0.4 is 5.32 Å². The molecule has 0 radical (unpaired) electrons. The number of oxazole rings is 1. The van der Waals surface area contributed by atoms with Crippen molar-refractivity contribution >= 4 is 28.6 Å². The number of nitrogens with one attached hydrogen (secondary N) is 1. The van der Waals surface area contributed by atoms with E-state index in [-0.39, 0.29) is 11.8 Å². The predicted octanol–water partition coefficient (Wildman–Crippen LogP) is 4.55. The highest BCUT2D eigenvalue weighted by molar-refractivity contribution is 5.93. The van der Waals surface area contributed by atoms with E-state index in [9.17, 15) is 4.79 Å². The third-order valence-electron chi connectivity index (χ3n) is 5.26. The highest BCUT2D eigenvalue weighted by Crippen LogP contribution is 2.31. The SMILES string of the molecule is O=C(Nc1nc2c(-c3ccc4oc(-c5ccccc5)nc4c3)cccn2n1)C1CC1. The van der Waals surface area contributed by atoms with E-state index in [1.54, 1.807) is 4.52 Å². The molecule has 1 fully saturated rings. The number of aromatic nitrogens is 4. The molecule has 1 N–H and O–H groups in total. The lowest BCUT2D eigenvalue weighted by Crippen LogP contribution is -2.14. The Hall–Kier alpha value is -4.00. The molecule has 0 saturated heterocycles. The molecule has 6 rings (SSSR count). The lowest BCUT2D eigenvalue weighted by atomic mass is 10.1. The number of amides is 1.